The SMILES string of the molecule is [2H]c1nc([2H])c(C(C)(C)C)c(C(C([2H])([2H])[2H])(C([2H])([2H])[2H])C([2H])([2H])[2H])c1[2H]. The summed E-state index contributed by atoms with van der Waals surface area (Å²) < 4.78 is 94.2. The van der Waals surface area contributed by atoms with Gasteiger partial charge in [0.2, 0.25) is 0 Å². The highest BCUT2D eigenvalue weighted by Gasteiger charge is 2.24. The summed E-state index contributed by atoms with van der Waals surface area (Å²) >= 11 is 0. The third-order valence-electron chi connectivity index (χ3n) is 1.78. The van der Waals surface area contributed by atoms with Gasteiger partial charge in [0.25, 0.3) is 0 Å². The molecule has 1 aromatic rings. The standard InChI is InChI=1S/C13H21N/c1-12(2,3)10-7-8-14-9-11(10)13(4,5)6/h7-9H,1-6H3/i1D3,2D3,3D3,7D,8D,9D. The van der Waals surface area contributed by atoms with Gasteiger partial charge in [0.05, 0.1) is 4.11 Å². The Morgan fingerprint density at radius 1 is 1.14 bits per heavy atom. The van der Waals surface area contributed by atoms with Crippen LogP contribution in [0.15, 0.2) is 18.4 Å². The molecule has 0 spiro atoms. The molecule has 0 aliphatic carbocycles. The number of pyridine rings is 1. The fraction of sp³-hybridized carbons (Fsp3) is 0.615. The van der Waals surface area contributed by atoms with E-state index in [1.807, 2.05) is 0 Å². The number of hydrogen-bond acceptors (Lipinski definition) is 1. The number of hydrogen-bond donors (Lipinski definition) is 0. The van der Waals surface area contributed by atoms with Crippen LogP contribution in [0.5, 0.6) is 0 Å². The molecule has 0 unspecified atom stereocenters. The Labute approximate surface area is 104 Å². The second-order valence-corrected chi connectivity index (χ2v) is 4.21. The fourth-order valence-corrected chi connectivity index (χ4v) is 1.11. The molecule has 0 aromatic carbocycles. The molecular weight excluding hydrogens is 170 g/mol. The van der Waals surface area contributed by atoms with Crippen molar-refractivity contribution in [2.24, 2.45) is 0 Å². The van der Waals surface area contributed by atoms with E-state index in [0.717, 1.165) is 0 Å². The Morgan fingerprint density at radius 2 is 1.79 bits per heavy atom. The van der Waals surface area contributed by atoms with Gasteiger partial charge in [-0.05, 0) is 28.0 Å². The van der Waals surface area contributed by atoms with Crippen LogP contribution in [0, 0.1) is 0 Å². The molecule has 0 amide bonds. The van der Waals surface area contributed by atoms with Crippen molar-refractivity contribution in [3.8, 4) is 0 Å². The molecule has 1 aromatic heterocycles. The first kappa shape index (κ1) is 3.07. The highest BCUT2D eigenvalue weighted by Crippen LogP contribution is 2.32. The zero-order valence-corrected chi connectivity index (χ0v) is 8.45. The van der Waals surface area contributed by atoms with Crippen molar-refractivity contribution in [1.29, 1.82) is 0 Å². The highest BCUT2D eigenvalue weighted by molar-refractivity contribution is 5.34. The lowest BCUT2D eigenvalue weighted by Crippen LogP contribution is -2.22. The Bertz CT molecular complexity index is 653. The molecule has 0 N–H and O–H groups in total. The van der Waals surface area contributed by atoms with Crippen LogP contribution in [0.4, 0.5) is 0 Å². The lowest BCUT2D eigenvalue weighted by molar-refractivity contribution is 0.527. The molecule has 0 atom stereocenters. The average Bonchev–Trinajstić information content (AvgIpc) is 2.28. The molecule has 1 heterocycles. The molecule has 0 fully saturated rings. The van der Waals surface area contributed by atoms with Crippen LogP contribution in [-0.2, 0) is 10.8 Å². The van der Waals surface area contributed by atoms with E-state index in [2.05, 4.69) is 4.98 Å². The average molecular weight is 203 g/mol. The van der Waals surface area contributed by atoms with Crippen molar-refractivity contribution in [3.05, 3.63) is 29.5 Å². The smallest absolute Gasteiger partial charge is 0.0843 e. The predicted octanol–water partition coefficient (Wildman–Crippen LogP) is 3.68. The Kier molecular flexibility index (Phi) is 0.740. The summed E-state index contributed by atoms with van der Waals surface area (Å²) in [7, 11) is 0. The van der Waals surface area contributed by atoms with Gasteiger partial charge in [-0.2, -0.15) is 0 Å². The normalized spacial score (nSPS) is 28.2. The number of rotatable bonds is 0. The molecule has 0 saturated carbocycles. The molecule has 1 rings (SSSR count). The summed E-state index contributed by atoms with van der Waals surface area (Å²) in [5, 5.41) is 0. The van der Waals surface area contributed by atoms with E-state index in [-0.39, 0.29) is 5.56 Å². The second kappa shape index (κ2) is 3.38. The van der Waals surface area contributed by atoms with Crippen molar-refractivity contribution >= 4 is 0 Å². The van der Waals surface area contributed by atoms with Gasteiger partial charge in [-0.25, -0.2) is 0 Å². The van der Waals surface area contributed by atoms with Crippen molar-refractivity contribution in [3.63, 3.8) is 0 Å². The molecule has 0 bridgehead atoms. The summed E-state index contributed by atoms with van der Waals surface area (Å²) in [6, 6.07) is -0.908. The van der Waals surface area contributed by atoms with Crippen LogP contribution < -0.4 is 0 Å². The first-order valence-electron chi connectivity index (χ1n) is 10.2. The van der Waals surface area contributed by atoms with Gasteiger partial charge in [0.1, 0.15) is 0 Å². The quantitative estimate of drug-likeness (QED) is 0.627. The largest absolute Gasteiger partial charge is 0.264 e. The minimum atomic E-state index is -3.57. The summed E-state index contributed by atoms with van der Waals surface area (Å²) in [5.41, 5.74) is -5.66. The molecule has 1 heteroatoms. The van der Waals surface area contributed by atoms with Crippen molar-refractivity contribution in [2.45, 2.75) is 52.2 Å². The van der Waals surface area contributed by atoms with E-state index < -0.39 is 55.3 Å². The minimum Gasteiger partial charge on any atom is -0.264 e. The number of nitrogens with zero attached hydrogens (tertiary/aromatic N) is 1. The van der Waals surface area contributed by atoms with Crippen molar-refractivity contribution < 1.29 is 16.4 Å². The summed E-state index contributed by atoms with van der Waals surface area (Å²) in [5.74, 6) is 0. The van der Waals surface area contributed by atoms with Gasteiger partial charge in [-0.1, -0.05) is 41.3 Å². The van der Waals surface area contributed by atoms with Gasteiger partial charge in [0.15, 0.2) is 0 Å². The fourth-order valence-electron chi connectivity index (χ4n) is 1.11. The van der Waals surface area contributed by atoms with E-state index in [1.165, 1.54) is 20.8 Å². The predicted molar refractivity (Wildman–Crippen MR) is 61.6 cm³/mol. The monoisotopic (exact) mass is 203 g/mol. The van der Waals surface area contributed by atoms with E-state index in [1.54, 1.807) is 0 Å². The maximum absolute atomic E-state index is 8.13. The first-order chi connectivity index (χ1) is 11.2. The highest BCUT2D eigenvalue weighted by atomic mass is 14.6. The van der Waals surface area contributed by atoms with Gasteiger partial charge in [0, 0.05) is 24.7 Å². The third-order valence-corrected chi connectivity index (χ3v) is 1.78. The van der Waals surface area contributed by atoms with Gasteiger partial charge in [-0.3, -0.25) is 4.98 Å². The molecule has 0 saturated heterocycles. The first-order valence-corrected chi connectivity index (χ1v) is 4.20. The summed E-state index contributed by atoms with van der Waals surface area (Å²) in [4.78, 5) is 3.55. The maximum Gasteiger partial charge on any atom is 0.0843 e. The van der Waals surface area contributed by atoms with Crippen LogP contribution in [-0.4, -0.2) is 4.98 Å². The molecule has 14 heavy (non-hydrogen) atoms. The van der Waals surface area contributed by atoms with E-state index in [0.29, 0.717) is 0 Å². The molecule has 1 nitrogen and oxygen atoms in total. The van der Waals surface area contributed by atoms with E-state index >= 15 is 0 Å². The maximum atomic E-state index is 8.13. The topological polar surface area (TPSA) is 12.9 Å². The minimum absolute atomic E-state index is 0.276. The summed E-state index contributed by atoms with van der Waals surface area (Å²) in [6.07, 6.45) is -1.46. The van der Waals surface area contributed by atoms with Crippen LogP contribution in [0.25, 0.3) is 0 Å². The lowest BCUT2D eigenvalue weighted by atomic mass is 9.76. The molecule has 78 valence electrons. The second-order valence-electron chi connectivity index (χ2n) is 4.21. The number of aromatic nitrogens is 1. The van der Waals surface area contributed by atoms with Crippen LogP contribution in [0.2, 0.25) is 0 Å². The van der Waals surface area contributed by atoms with Crippen LogP contribution in [0.1, 0.15) is 68.9 Å². The van der Waals surface area contributed by atoms with Gasteiger partial charge in [-0.15, -0.1) is 0 Å². The lowest BCUT2D eigenvalue weighted by Gasteiger charge is -2.29. The molecular formula is C13H21N. The van der Waals surface area contributed by atoms with Gasteiger partial charge < -0.3 is 0 Å². The Balaban J connectivity index is 4.42. The van der Waals surface area contributed by atoms with E-state index in [9.17, 15) is 0 Å². The van der Waals surface area contributed by atoms with Gasteiger partial charge >= 0.3 is 0 Å². The molecule has 0 aliphatic rings. The van der Waals surface area contributed by atoms with Crippen LogP contribution in [0.3, 0.4) is 0 Å². The van der Waals surface area contributed by atoms with Crippen molar-refractivity contribution in [1.82, 2.24) is 4.98 Å². The Morgan fingerprint density at radius 3 is 2.29 bits per heavy atom. The Hall–Kier alpha value is -0.850. The zero-order chi connectivity index (χ0) is 21.1. The molecule has 0 radical (unpaired) electrons. The molecule has 0 aliphatic heterocycles. The zero-order valence-electron chi connectivity index (χ0n) is 20.4. The van der Waals surface area contributed by atoms with Crippen LogP contribution >= 0.6 is 0 Å². The summed E-state index contributed by atoms with van der Waals surface area (Å²) in [6.45, 7) is -6.13. The van der Waals surface area contributed by atoms with Crippen molar-refractivity contribution in [2.75, 3.05) is 0 Å². The third kappa shape index (κ3) is 2.34. The van der Waals surface area contributed by atoms with E-state index in [4.69, 9.17) is 16.4 Å².